The number of nitrogens with one attached hydrogen (secondary N) is 1. The van der Waals surface area contributed by atoms with Crippen LogP contribution in [0, 0.1) is 0 Å². The number of aromatic nitrogens is 2. The van der Waals surface area contributed by atoms with Crippen LogP contribution in [-0.4, -0.2) is 28.5 Å². The Labute approximate surface area is 95.0 Å². The van der Waals surface area contributed by atoms with Crippen molar-refractivity contribution in [3.05, 3.63) is 16.4 Å². The van der Waals surface area contributed by atoms with E-state index in [-0.39, 0.29) is 11.7 Å². The molecule has 2 N–H and O–H groups in total. The van der Waals surface area contributed by atoms with Gasteiger partial charge in [0.1, 0.15) is 5.15 Å². The van der Waals surface area contributed by atoms with E-state index in [0.29, 0.717) is 0 Å². The molecular formula is C8H11ClF3N3O. The lowest BCUT2D eigenvalue weighted by Crippen LogP contribution is -2.20. The van der Waals surface area contributed by atoms with Crippen molar-refractivity contribution in [1.82, 2.24) is 15.1 Å². The zero-order valence-electron chi connectivity index (χ0n) is 8.64. The van der Waals surface area contributed by atoms with Crippen LogP contribution in [0.3, 0.4) is 0 Å². The maximum absolute atomic E-state index is 12.6. The van der Waals surface area contributed by atoms with E-state index in [1.807, 2.05) is 0 Å². The van der Waals surface area contributed by atoms with Crippen LogP contribution < -0.4 is 5.32 Å². The Balaban J connectivity index is 3.24. The number of hydrogen-bond acceptors (Lipinski definition) is 3. The van der Waals surface area contributed by atoms with E-state index in [2.05, 4.69) is 10.4 Å². The van der Waals surface area contributed by atoms with Gasteiger partial charge in [-0.05, 0) is 7.05 Å². The fraction of sp³-hybridized carbons (Fsp3) is 0.625. The van der Waals surface area contributed by atoms with Crippen LogP contribution in [0.2, 0.25) is 5.15 Å². The Morgan fingerprint density at radius 1 is 1.56 bits per heavy atom. The summed E-state index contributed by atoms with van der Waals surface area (Å²) in [5.41, 5.74) is -1.55. The van der Waals surface area contributed by atoms with Crippen molar-refractivity contribution in [2.45, 2.75) is 12.3 Å². The molecule has 0 amide bonds. The molecule has 1 heterocycles. The van der Waals surface area contributed by atoms with Gasteiger partial charge in [-0.25, -0.2) is 0 Å². The number of nitrogens with zero attached hydrogens (tertiary/aromatic N) is 2. The number of aliphatic hydroxyl groups is 1. The minimum Gasteiger partial charge on any atom is -0.387 e. The summed E-state index contributed by atoms with van der Waals surface area (Å²) >= 11 is 5.66. The molecule has 16 heavy (non-hydrogen) atoms. The largest absolute Gasteiger partial charge is 0.435 e. The first-order valence-corrected chi connectivity index (χ1v) is 4.79. The molecule has 0 radical (unpaired) electrons. The number of rotatable bonds is 3. The topological polar surface area (TPSA) is 50.1 Å². The van der Waals surface area contributed by atoms with Gasteiger partial charge in [0.25, 0.3) is 0 Å². The molecule has 0 aliphatic heterocycles. The van der Waals surface area contributed by atoms with Gasteiger partial charge in [-0.3, -0.25) is 4.68 Å². The van der Waals surface area contributed by atoms with Crippen molar-refractivity contribution < 1.29 is 18.3 Å². The average Bonchev–Trinajstić information content (AvgIpc) is 2.43. The standard InChI is InChI=1S/C8H11ClF3N3O/c1-13-3-4(16)5-6(8(10,11)12)14-15(2)7(5)9/h4,13,16H,3H2,1-2H3. The molecule has 0 aliphatic rings. The molecule has 0 fully saturated rings. The highest BCUT2D eigenvalue weighted by atomic mass is 35.5. The number of alkyl halides is 3. The molecule has 1 atom stereocenters. The van der Waals surface area contributed by atoms with E-state index in [1.165, 1.54) is 14.1 Å². The van der Waals surface area contributed by atoms with Crippen molar-refractivity contribution in [1.29, 1.82) is 0 Å². The predicted molar refractivity (Wildman–Crippen MR) is 52.1 cm³/mol. The summed E-state index contributed by atoms with van der Waals surface area (Å²) in [5.74, 6) is 0. The number of halogens is 4. The molecule has 1 aromatic rings. The summed E-state index contributed by atoms with van der Waals surface area (Å²) in [6.45, 7) is -0.0332. The molecule has 1 aromatic heterocycles. The first kappa shape index (κ1) is 13.3. The highest BCUT2D eigenvalue weighted by Gasteiger charge is 2.40. The lowest BCUT2D eigenvalue weighted by atomic mass is 10.1. The number of likely N-dealkylation sites (N-methyl/N-ethyl adjacent to an activating group) is 1. The second kappa shape index (κ2) is 4.60. The van der Waals surface area contributed by atoms with Crippen LogP contribution in [0.25, 0.3) is 0 Å². The molecular weight excluding hydrogens is 247 g/mol. The van der Waals surface area contributed by atoms with Crippen LogP contribution in [0.15, 0.2) is 0 Å². The van der Waals surface area contributed by atoms with E-state index in [1.54, 1.807) is 0 Å². The third-order valence-corrected chi connectivity index (χ3v) is 2.46. The van der Waals surface area contributed by atoms with Crippen molar-refractivity contribution in [3.63, 3.8) is 0 Å². The minimum absolute atomic E-state index is 0.0332. The molecule has 0 bridgehead atoms. The van der Waals surface area contributed by atoms with Crippen molar-refractivity contribution in [3.8, 4) is 0 Å². The van der Waals surface area contributed by atoms with Gasteiger partial charge in [-0.15, -0.1) is 0 Å². The monoisotopic (exact) mass is 257 g/mol. The lowest BCUT2D eigenvalue weighted by Gasteiger charge is -2.12. The van der Waals surface area contributed by atoms with Crippen molar-refractivity contribution in [2.75, 3.05) is 13.6 Å². The molecule has 4 nitrogen and oxygen atoms in total. The van der Waals surface area contributed by atoms with Gasteiger partial charge in [-0.2, -0.15) is 18.3 Å². The van der Waals surface area contributed by atoms with Gasteiger partial charge in [0.05, 0.1) is 11.7 Å². The van der Waals surface area contributed by atoms with Gasteiger partial charge < -0.3 is 10.4 Å². The Hall–Kier alpha value is -0.790. The Kier molecular flexibility index (Phi) is 3.82. The van der Waals surface area contributed by atoms with Crippen molar-refractivity contribution >= 4 is 11.6 Å². The highest BCUT2D eigenvalue weighted by Crippen LogP contribution is 2.37. The molecule has 1 rings (SSSR count). The van der Waals surface area contributed by atoms with Gasteiger partial charge in [0, 0.05) is 13.6 Å². The third kappa shape index (κ3) is 2.47. The first-order valence-electron chi connectivity index (χ1n) is 4.41. The van der Waals surface area contributed by atoms with E-state index in [4.69, 9.17) is 11.6 Å². The van der Waals surface area contributed by atoms with E-state index in [0.717, 1.165) is 4.68 Å². The zero-order chi connectivity index (χ0) is 12.5. The van der Waals surface area contributed by atoms with Gasteiger partial charge in [0.2, 0.25) is 0 Å². The van der Waals surface area contributed by atoms with Crippen LogP contribution in [0.4, 0.5) is 13.2 Å². The van der Waals surface area contributed by atoms with E-state index in [9.17, 15) is 18.3 Å². The van der Waals surface area contributed by atoms with Crippen LogP contribution in [0.1, 0.15) is 17.4 Å². The summed E-state index contributed by atoms with van der Waals surface area (Å²) in [5, 5.41) is 15.2. The van der Waals surface area contributed by atoms with Gasteiger partial charge in [0.15, 0.2) is 5.69 Å². The first-order chi connectivity index (χ1) is 7.29. The number of aliphatic hydroxyl groups excluding tert-OH is 1. The summed E-state index contributed by atoms with van der Waals surface area (Å²) in [6.07, 6.45) is -5.97. The highest BCUT2D eigenvalue weighted by molar-refractivity contribution is 6.30. The molecule has 8 heteroatoms. The maximum Gasteiger partial charge on any atom is 0.435 e. The van der Waals surface area contributed by atoms with Crippen molar-refractivity contribution in [2.24, 2.45) is 7.05 Å². The normalized spacial score (nSPS) is 14.2. The Bertz CT molecular complexity index is 377. The number of aryl methyl sites for hydroxylation is 1. The van der Waals surface area contributed by atoms with E-state index >= 15 is 0 Å². The number of hydrogen-bond donors (Lipinski definition) is 2. The molecule has 0 spiro atoms. The van der Waals surface area contributed by atoms with Crippen LogP contribution >= 0.6 is 11.6 Å². The minimum atomic E-state index is -4.63. The Morgan fingerprint density at radius 3 is 2.56 bits per heavy atom. The maximum atomic E-state index is 12.6. The molecule has 0 aliphatic carbocycles. The quantitative estimate of drug-likeness (QED) is 0.859. The average molecular weight is 258 g/mol. The molecule has 0 saturated heterocycles. The Morgan fingerprint density at radius 2 is 2.12 bits per heavy atom. The summed E-state index contributed by atoms with van der Waals surface area (Å²) in [4.78, 5) is 0. The molecule has 0 aromatic carbocycles. The molecule has 92 valence electrons. The smallest absolute Gasteiger partial charge is 0.387 e. The third-order valence-electron chi connectivity index (χ3n) is 2.01. The summed E-state index contributed by atoms with van der Waals surface area (Å²) < 4.78 is 38.6. The summed E-state index contributed by atoms with van der Waals surface area (Å²) in [7, 11) is 2.80. The SMILES string of the molecule is CNCC(O)c1c(C(F)(F)F)nn(C)c1Cl. The molecule has 1 unspecified atom stereocenters. The fourth-order valence-electron chi connectivity index (χ4n) is 1.32. The second-order valence-electron chi connectivity index (χ2n) is 3.25. The van der Waals surface area contributed by atoms with Crippen LogP contribution in [0.5, 0.6) is 0 Å². The lowest BCUT2D eigenvalue weighted by molar-refractivity contribution is -0.143. The van der Waals surface area contributed by atoms with Crippen LogP contribution in [-0.2, 0) is 13.2 Å². The van der Waals surface area contributed by atoms with Gasteiger partial charge in [-0.1, -0.05) is 11.6 Å². The van der Waals surface area contributed by atoms with Gasteiger partial charge >= 0.3 is 6.18 Å². The van der Waals surface area contributed by atoms with E-state index < -0.39 is 23.5 Å². The summed E-state index contributed by atoms with van der Waals surface area (Å²) in [6, 6.07) is 0. The molecule has 0 saturated carbocycles. The fourth-order valence-corrected chi connectivity index (χ4v) is 1.57. The predicted octanol–water partition coefficient (Wildman–Crippen LogP) is 1.35. The zero-order valence-corrected chi connectivity index (χ0v) is 9.39. The second-order valence-corrected chi connectivity index (χ2v) is 3.61.